The summed E-state index contributed by atoms with van der Waals surface area (Å²) in [5, 5.41) is 0. The molecule has 0 radical (unpaired) electrons. The smallest absolute Gasteiger partial charge is 0.323 e. The Bertz CT molecular complexity index is 417. The van der Waals surface area contributed by atoms with Crippen molar-refractivity contribution in [2.45, 2.75) is 18.7 Å². The lowest BCUT2D eigenvalue weighted by Crippen LogP contribution is -2.34. The molecular formula is C12H15BrFNO2S. The van der Waals surface area contributed by atoms with Crippen LogP contribution >= 0.6 is 27.7 Å². The number of carbonyl (C=O) groups excluding carboxylic acids is 1. The van der Waals surface area contributed by atoms with Gasteiger partial charge in [0.05, 0.1) is 11.1 Å². The molecule has 1 aromatic carbocycles. The van der Waals surface area contributed by atoms with E-state index < -0.39 is 6.04 Å². The van der Waals surface area contributed by atoms with E-state index in [-0.39, 0.29) is 11.8 Å². The van der Waals surface area contributed by atoms with Crippen LogP contribution in [0.3, 0.4) is 0 Å². The molecule has 6 heteroatoms. The Labute approximate surface area is 118 Å². The van der Waals surface area contributed by atoms with Crippen molar-refractivity contribution in [1.82, 2.24) is 0 Å². The lowest BCUT2D eigenvalue weighted by Gasteiger charge is -2.10. The van der Waals surface area contributed by atoms with E-state index in [4.69, 9.17) is 10.5 Å². The molecule has 0 bridgehead atoms. The zero-order chi connectivity index (χ0) is 13.5. The Balaban J connectivity index is 2.37. The fourth-order valence-electron chi connectivity index (χ4n) is 1.25. The highest BCUT2D eigenvalue weighted by atomic mass is 79.9. The van der Waals surface area contributed by atoms with Gasteiger partial charge in [-0.05, 0) is 40.5 Å². The van der Waals surface area contributed by atoms with Gasteiger partial charge in [-0.15, -0.1) is 0 Å². The predicted molar refractivity (Wildman–Crippen MR) is 74.9 cm³/mol. The third kappa shape index (κ3) is 4.96. The van der Waals surface area contributed by atoms with Crippen LogP contribution in [-0.4, -0.2) is 24.4 Å². The minimum Gasteiger partial charge on any atom is -0.465 e. The summed E-state index contributed by atoms with van der Waals surface area (Å²) in [6.07, 6.45) is 0. The molecule has 0 saturated heterocycles. The molecule has 0 aromatic heterocycles. The zero-order valence-electron chi connectivity index (χ0n) is 9.99. The van der Waals surface area contributed by atoms with E-state index >= 15 is 0 Å². The highest BCUT2D eigenvalue weighted by Gasteiger charge is 2.14. The van der Waals surface area contributed by atoms with E-state index in [9.17, 15) is 9.18 Å². The number of carbonyl (C=O) groups is 1. The summed E-state index contributed by atoms with van der Waals surface area (Å²) < 4.78 is 18.3. The van der Waals surface area contributed by atoms with Gasteiger partial charge in [-0.3, -0.25) is 4.79 Å². The molecule has 1 atom stereocenters. The third-order valence-electron chi connectivity index (χ3n) is 2.14. The molecule has 0 fully saturated rings. The van der Waals surface area contributed by atoms with Gasteiger partial charge < -0.3 is 10.5 Å². The number of benzene rings is 1. The number of esters is 1. The fourth-order valence-corrected chi connectivity index (χ4v) is 2.60. The summed E-state index contributed by atoms with van der Waals surface area (Å²) in [6.45, 7) is 2.08. The Hall–Kier alpha value is -0.590. The van der Waals surface area contributed by atoms with Crippen molar-refractivity contribution in [2.24, 2.45) is 5.73 Å². The first-order valence-corrected chi connectivity index (χ1v) is 7.43. The lowest BCUT2D eigenvalue weighted by atomic mass is 10.2. The van der Waals surface area contributed by atoms with Gasteiger partial charge in [-0.1, -0.05) is 6.07 Å². The standard InChI is InChI=1S/C12H15BrFNO2S/c1-2-17-12(16)11(15)7-18-6-8-3-4-10(14)9(13)5-8/h3-5,11H,2,6-7,15H2,1H3. The molecule has 0 amide bonds. The number of halogens is 2. The van der Waals surface area contributed by atoms with Crippen LogP contribution < -0.4 is 5.73 Å². The zero-order valence-corrected chi connectivity index (χ0v) is 12.4. The topological polar surface area (TPSA) is 52.3 Å². The molecule has 0 aliphatic heterocycles. The van der Waals surface area contributed by atoms with Crippen molar-refractivity contribution in [3.8, 4) is 0 Å². The molecular weight excluding hydrogens is 321 g/mol. The van der Waals surface area contributed by atoms with Crippen LogP contribution in [0, 0.1) is 5.82 Å². The van der Waals surface area contributed by atoms with Gasteiger partial charge in [-0.25, -0.2) is 4.39 Å². The van der Waals surface area contributed by atoms with Gasteiger partial charge in [0.1, 0.15) is 11.9 Å². The van der Waals surface area contributed by atoms with Crippen LogP contribution in [0.4, 0.5) is 4.39 Å². The van der Waals surface area contributed by atoms with Crippen LogP contribution in [0.25, 0.3) is 0 Å². The Kier molecular flexibility index (Phi) is 6.67. The van der Waals surface area contributed by atoms with Crippen LogP contribution in [0.1, 0.15) is 12.5 Å². The second kappa shape index (κ2) is 7.76. The van der Waals surface area contributed by atoms with Crippen molar-refractivity contribution >= 4 is 33.7 Å². The predicted octanol–water partition coefficient (Wildman–Crippen LogP) is 2.71. The molecule has 1 rings (SSSR count). The Morgan fingerprint density at radius 2 is 2.33 bits per heavy atom. The molecule has 0 aliphatic carbocycles. The highest BCUT2D eigenvalue weighted by Crippen LogP contribution is 2.20. The minimum absolute atomic E-state index is 0.285. The van der Waals surface area contributed by atoms with Gasteiger partial charge >= 0.3 is 5.97 Å². The lowest BCUT2D eigenvalue weighted by molar-refractivity contribution is -0.144. The molecule has 0 heterocycles. The van der Waals surface area contributed by atoms with E-state index in [1.807, 2.05) is 0 Å². The van der Waals surface area contributed by atoms with Crippen LogP contribution in [0.15, 0.2) is 22.7 Å². The van der Waals surface area contributed by atoms with E-state index in [1.165, 1.54) is 17.8 Å². The summed E-state index contributed by atoms with van der Waals surface area (Å²) in [7, 11) is 0. The highest BCUT2D eigenvalue weighted by molar-refractivity contribution is 9.10. The number of thioether (sulfide) groups is 1. The largest absolute Gasteiger partial charge is 0.465 e. The minimum atomic E-state index is -0.612. The van der Waals surface area contributed by atoms with Gasteiger partial charge in [0.15, 0.2) is 0 Å². The van der Waals surface area contributed by atoms with Gasteiger partial charge in [0, 0.05) is 11.5 Å². The molecule has 18 heavy (non-hydrogen) atoms. The summed E-state index contributed by atoms with van der Waals surface area (Å²) in [5.74, 6) is 0.483. The quantitative estimate of drug-likeness (QED) is 0.812. The summed E-state index contributed by atoms with van der Waals surface area (Å²) >= 11 is 4.64. The summed E-state index contributed by atoms with van der Waals surface area (Å²) in [6, 6.07) is 4.23. The van der Waals surface area contributed by atoms with E-state index in [0.717, 1.165) is 5.56 Å². The first kappa shape index (κ1) is 15.5. The molecule has 0 saturated carbocycles. The van der Waals surface area contributed by atoms with E-state index in [0.29, 0.717) is 22.6 Å². The van der Waals surface area contributed by atoms with Crippen LogP contribution in [0.2, 0.25) is 0 Å². The van der Waals surface area contributed by atoms with Crippen molar-refractivity contribution in [3.05, 3.63) is 34.1 Å². The van der Waals surface area contributed by atoms with Crippen molar-refractivity contribution in [1.29, 1.82) is 0 Å². The van der Waals surface area contributed by atoms with Gasteiger partial charge in [0.2, 0.25) is 0 Å². The molecule has 3 nitrogen and oxygen atoms in total. The second-order valence-electron chi connectivity index (χ2n) is 3.62. The monoisotopic (exact) mass is 335 g/mol. The van der Waals surface area contributed by atoms with Crippen LogP contribution in [-0.2, 0) is 15.3 Å². The number of ether oxygens (including phenoxy) is 1. The molecule has 100 valence electrons. The molecule has 2 N–H and O–H groups in total. The molecule has 1 aromatic rings. The third-order valence-corrected chi connectivity index (χ3v) is 3.88. The number of nitrogens with two attached hydrogens (primary N) is 1. The SMILES string of the molecule is CCOC(=O)C(N)CSCc1ccc(F)c(Br)c1. The second-order valence-corrected chi connectivity index (χ2v) is 5.51. The van der Waals surface area contributed by atoms with Crippen molar-refractivity contribution in [2.75, 3.05) is 12.4 Å². The maximum atomic E-state index is 13.0. The summed E-state index contributed by atoms with van der Waals surface area (Å²) in [4.78, 5) is 11.3. The number of hydrogen-bond acceptors (Lipinski definition) is 4. The van der Waals surface area contributed by atoms with Crippen molar-refractivity contribution in [3.63, 3.8) is 0 Å². The normalized spacial score (nSPS) is 12.2. The van der Waals surface area contributed by atoms with Gasteiger partial charge in [-0.2, -0.15) is 11.8 Å². The molecule has 1 unspecified atom stereocenters. The maximum absolute atomic E-state index is 13.0. The van der Waals surface area contributed by atoms with Crippen LogP contribution in [0.5, 0.6) is 0 Å². The molecule has 0 spiro atoms. The molecule has 0 aliphatic rings. The van der Waals surface area contributed by atoms with E-state index in [1.54, 1.807) is 19.1 Å². The average molecular weight is 336 g/mol. The average Bonchev–Trinajstić information content (AvgIpc) is 2.34. The van der Waals surface area contributed by atoms with Gasteiger partial charge in [0.25, 0.3) is 0 Å². The Morgan fingerprint density at radius 3 is 2.94 bits per heavy atom. The summed E-state index contributed by atoms with van der Waals surface area (Å²) in [5.41, 5.74) is 6.63. The first-order chi connectivity index (χ1) is 8.54. The fraction of sp³-hybridized carbons (Fsp3) is 0.417. The number of hydrogen-bond donors (Lipinski definition) is 1. The Morgan fingerprint density at radius 1 is 1.61 bits per heavy atom. The van der Waals surface area contributed by atoms with E-state index in [2.05, 4.69) is 15.9 Å². The first-order valence-electron chi connectivity index (χ1n) is 5.48. The van der Waals surface area contributed by atoms with Crippen molar-refractivity contribution < 1.29 is 13.9 Å². The maximum Gasteiger partial charge on any atom is 0.323 e. The number of rotatable bonds is 6.